The van der Waals surface area contributed by atoms with Gasteiger partial charge >= 0.3 is 0 Å². The molecule has 6 heteroatoms. The van der Waals surface area contributed by atoms with E-state index >= 15 is 0 Å². The number of ether oxygens (including phenoxy) is 2. The minimum Gasteiger partial charge on any atom is -0.497 e. The number of benzene rings is 1. The first kappa shape index (κ1) is 14.3. The molecule has 2 rings (SSSR count). The summed E-state index contributed by atoms with van der Waals surface area (Å²) >= 11 is 0. The molecule has 0 aliphatic rings. The van der Waals surface area contributed by atoms with Gasteiger partial charge in [-0.1, -0.05) is 12.1 Å². The Morgan fingerprint density at radius 1 is 1.20 bits per heavy atom. The number of aromatic nitrogens is 3. The second-order valence-corrected chi connectivity index (χ2v) is 4.43. The number of rotatable bonds is 6. The SMILES string of the molecule is CCCn1nncc1C(O)c1cc(OC)cc(OC)c1. The Bertz CT molecular complexity index is 546. The van der Waals surface area contributed by atoms with E-state index in [1.54, 1.807) is 43.3 Å². The standard InChI is InChI=1S/C14H19N3O3/c1-4-5-17-13(9-15-16-17)14(18)10-6-11(19-2)8-12(7-10)20-3/h6-9,14,18H,4-5H2,1-3H3. The third-order valence-corrected chi connectivity index (χ3v) is 3.05. The molecule has 0 saturated heterocycles. The Kier molecular flexibility index (Phi) is 4.57. The molecular weight excluding hydrogens is 258 g/mol. The van der Waals surface area contributed by atoms with Crippen LogP contribution in [0.25, 0.3) is 0 Å². The molecule has 108 valence electrons. The minimum atomic E-state index is -0.819. The molecule has 0 spiro atoms. The Hall–Kier alpha value is -2.08. The van der Waals surface area contributed by atoms with Gasteiger partial charge in [0.15, 0.2) is 0 Å². The highest BCUT2D eigenvalue weighted by Gasteiger charge is 2.18. The highest BCUT2D eigenvalue weighted by molar-refractivity contribution is 5.41. The van der Waals surface area contributed by atoms with Gasteiger partial charge in [0.2, 0.25) is 0 Å². The van der Waals surface area contributed by atoms with Crippen molar-refractivity contribution in [1.82, 2.24) is 15.0 Å². The largest absolute Gasteiger partial charge is 0.497 e. The number of hydrogen-bond donors (Lipinski definition) is 1. The molecule has 1 aromatic carbocycles. The van der Waals surface area contributed by atoms with Crippen LogP contribution in [0.3, 0.4) is 0 Å². The van der Waals surface area contributed by atoms with Gasteiger partial charge in [-0.2, -0.15) is 0 Å². The predicted octanol–water partition coefficient (Wildman–Crippen LogP) is 1.79. The monoisotopic (exact) mass is 277 g/mol. The zero-order chi connectivity index (χ0) is 14.5. The fourth-order valence-electron chi connectivity index (χ4n) is 2.02. The Labute approximate surface area is 117 Å². The molecule has 0 aliphatic carbocycles. The number of aryl methyl sites for hydroxylation is 1. The summed E-state index contributed by atoms with van der Waals surface area (Å²) in [7, 11) is 3.15. The molecule has 6 nitrogen and oxygen atoms in total. The second kappa shape index (κ2) is 6.38. The van der Waals surface area contributed by atoms with E-state index in [2.05, 4.69) is 10.3 Å². The average Bonchev–Trinajstić information content (AvgIpc) is 2.94. The lowest BCUT2D eigenvalue weighted by molar-refractivity contribution is 0.206. The fourth-order valence-corrected chi connectivity index (χ4v) is 2.02. The average molecular weight is 277 g/mol. The minimum absolute atomic E-state index is 0.632. The predicted molar refractivity (Wildman–Crippen MR) is 73.9 cm³/mol. The molecular formula is C14H19N3O3. The van der Waals surface area contributed by atoms with Crippen LogP contribution in [0.5, 0.6) is 11.5 Å². The number of nitrogens with zero attached hydrogens (tertiary/aromatic N) is 3. The summed E-state index contributed by atoms with van der Waals surface area (Å²) in [6, 6.07) is 5.31. The van der Waals surface area contributed by atoms with Crippen molar-refractivity contribution in [2.45, 2.75) is 26.0 Å². The Balaban J connectivity index is 2.36. The van der Waals surface area contributed by atoms with E-state index in [-0.39, 0.29) is 0 Å². The van der Waals surface area contributed by atoms with Crippen LogP contribution in [0, 0.1) is 0 Å². The topological polar surface area (TPSA) is 69.4 Å². The Morgan fingerprint density at radius 3 is 2.40 bits per heavy atom. The molecule has 0 bridgehead atoms. The van der Waals surface area contributed by atoms with Crippen molar-refractivity contribution in [3.05, 3.63) is 35.7 Å². The quantitative estimate of drug-likeness (QED) is 0.871. The summed E-state index contributed by atoms with van der Waals surface area (Å²) in [4.78, 5) is 0. The third kappa shape index (κ3) is 2.91. The fraction of sp³-hybridized carbons (Fsp3) is 0.429. The molecule has 0 radical (unpaired) electrons. The van der Waals surface area contributed by atoms with E-state index in [1.807, 2.05) is 6.92 Å². The summed E-state index contributed by atoms with van der Waals surface area (Å²) in [5, 5.41) is 18.4. The maximum Gasteiger partial charge on any atom is 0.123 e. The Morgan fingerprint density at radius 2 is 1.85 bits per heavy atom. The molecule has 0 fully saturated rings. The van der Waals surface area contributed by atoms with Crippen molar-refractivity contribution in [2.75, 3.05) is 14.2 Å². The van der Waals surface area contributed by atoms with Crippen molar-refractivity contribution in [3.63, 3.8) is 0 Å². The van der Waals surface area contributed by atoms with Crippen molar-refractivity contribution in [2.24, 2.45) is 0 Å². The number of aliphatic hydroxyl groups excluding tert-OH is 1. The van der Waals surface area contributed by atoms with Crippen molar-refractivity contribution < 1.29 is 14.6 Å². The molecule has 20 heavy (non-hydrogen) atoms. The van der Waals surface area contributed by atoms with E-state index in [4.69, 9.17) is 9.47 Å². The lowest BCUT2D eigenvalue weighted by Gasteiger charge is -2.14. The van der Waals surface area contributed by atoms with E-state index in [0.29, 0.717) is 29.3 Å². The van der Waals surface area contributed by atoms with Gasteiger partial charge in [0.05, 0.1) is 26.1 Å². The molecule has 1 N–H and O–H groups in total. The molecule has 0 aliphatic heterocycles. The van der Waals surface area contributed by atoms with Crippen molar-refractivity contribution in [3.8, 4) is 11.5 Å². The number of methoxy groups -OCH3 is 2. The second-order valence-electron chi connectivity index (χ2n) is 4.43. The van der Waals surface area contributed by atoms with Crippen molar-refractivity contribution in [1.29, 1.82) is 0 Å². The summed E-state index contributed by atoms with van der Waals surface area (Å²) in [6.07, 6.45) is 1.68. The highest BCUT2D eigenvalue weighted by Crippen LogP contribution is 2.29. The van der Waals surface area contributed by atoms with E-state index in [0.717, 1.165) is 6.42 Å². The first-order valence-electron chi connectivity index (χ1n) is 6.49. The molecule has 1 heterocycles. The van der Waals surface area contributed by atoms with Crippen LogP contribution >= 0.6 is 0 Å². The molecule has 0 amide bonds. The first-order valence-corrected chi connectivity index (χ1v) is 6.49. The van der Waals surface area contributed by atoms with Crippen molar-refractivity contribution >= 4 is 0 Å². The summed E-state index contributed by atoms with van der Waals surface area (Å²) in [6.45, 7) is 2.76. The van der Waals surface area contributed by atoms with E-state index in [9.17, 15) is 5.11 Å². The number of aliphatic hydroxyl groups is 1. The van der Waals surface area contributed by atoms with Crippen LogP contribution in [0.15, 0.2) is 24.4 Å². The third-order valence-electron chi connectivity index (χ3n) is 3.05. The van der Waals surface area contributed by atoms with Crippen LogP contribution in [-0.4, -0.2) is 34.3 Å². The molecule has 1 aromatic heterocycles. The van der Waals surface area contributed by atoms with Gasteiger partial charge in [0, 0.05) is 12.6 Å². The molecule has 1 unspecified atom stereocenters. The summed E-state index contributed by atoms with van der Waals surface area (Å²) in [5.74, 6) is 1.26. The van der Waals surface area contributed by atoms with Gasteiger partial charge in [-0.3, -0.25) is 0 Å². The summed E-state index contributed by atoms with van der Waals surface area (Å²) in [5.41, 5.74) is 1.34. The van der Waals surface area contributed by atoms with Crippen LogP contribution in [0.1, 0.15) is 30.7 Å². The van der Waals surface area contributed by atoms with E-state index < -0.39 is 6.10 Å². The maximum atomic E-state index is 10.5. The summed E-state index contributed by atoms with van der Waals surface area (Å²) < 4.78 is 12.1. The van der Waals surface area contributed by atoms with Crippen LogP contribution < -0.4 is 9.47 Å². The smallest absolute Gasteiger partial charge is 0.123 e. The van der Waals surface area contributed by atoms with Crippen LogP contribution in [-0.2, 0) is 6.54 Å². The van der Waals surface area contributed by atoms with Gasteiger partial charge in [-0.15, -0.1) is 5.10 Å². The normalized spacial score (nSPS) is 12.2. The van der Waals surface area contributed by atoms with E-state index in [1.165, 1.54) is 0 Å². The van der Waals surface area contributed by atoms with Gasteiger partial charge in [0.25, 0.3) is 0 Å². The van der Waals surface area contributed by atoms with Crippen LogP contribution in [0.2, 0.25) is 0 Å². The van der Waals surface area contributed by atoms with Gasteiger partial charge in [0.1, 0.15) is 17.6 Å². The van der Waals surface area contributed by atoms with Crippen LogP contribution in [0.4, 0.5) is 0 Å². The number of hydrogen-bond acceptors (Lipinski definition) is 5. The molecule has 1 atom stereocenters. The lowest BCUT2D eigenvalue weighted by atomic mass is 10.1. The zero-order valence-corrected chi connectivity index (χ0v) is 11.9. The zero-order valence-electron chi connectivity index (χ0n) is 11.9. The molecule has 2 aromatic rings. The maximum absolute atomic E-state index is 10.5. The van der Waals surface area contributed by atoms with Gasteiger partial charge in [-0.25, -0.2) is 4.68 Å². The first-order chi connectivity index (χ1) is 9.69. The highest BCUT2D eigenvalue weighted by atomic mass is 16.5. The molecule has 0 saturated carbocycles. The van der Waals surface area contributed by atoms with Gasteiger partial charge in [-0.05, 0) is 24.1 Å². The lowest BCUT2D eigenvalue weighted by Crippen LogP contribution is -2.10. The van der Waals surface area contributed by atoms with Gasteiger partial charge < -0.3 is 14.6 Å².